The van der Waals surface area contributed by atoms with Gasteiger partial charge in [0.1, 0.15) is 0 Å². The van der Waals surface area contributed by atoms with E-state index in [-0.39, 0.29) is 0 Å². The smallest absolute Gasteiger partial charge is 0.332 e. The van der Waals surface area contributed by atoms with E-state index in [2.05, 4.69) is 9.94 Å². The lowest BCUT2D eigenvalue weighted by molar-refractivity contribution is -0.170. The summed E-state index contributed by atoms with van der Waals surface area (Å²) in [6.07, 6.45) is 6.73. The van der Waals surface area contributed by atoms with Crippen LogP contribution in [0.1, 0.15) is 12.6 Å². The largest absolute Gasteiger partial charge is 0.366 e. The molecule has 2 aromatic rings. The second kappa shape index (κ2) is 7.98. The van der Waals surface area contributed by atoms with Crippen molar-refractivity contribution in [3.05, 3.63) is 59.4 Å². The number of carbonyl (C=O) groups excluding carboxylic acids is 1. The summed E-state index contributed by atoms with van der Waals surface area (Å²) in [7, 11) is 0. The SMILES string of the molecule is CC(=O)ON(/N=C/C=C/c1cccn1-c1ccc(Cl)cc1)C(=N)N. The second-order valence-electron chi connectivity index (χ2n) is 4.64. The third-order valence-corrected chi connectivity index (χ3v) is 3.08. The van der Waals surface area contributed by atoms with Crippen LogP contribution in [0.3, 0.4) is 0 Å². The van der Waals surface area contributed by atoms with Crippen LogP contribution in [0.15, 0.2) is 53.8 Å². The molecule has 0 aliphatic carbocycles. The van der Waals surface area contributed by atoms with Crippen molar-refractivity contribution < 1.29 is 9.63 Å². The normalized spacial score (nSPS) is 11.1. The minimum Gasteiger partial charge on any atom is -0.366 e. The summed E-state index contributed by atoms with van der Waals surface area (Å²) in [5.41, 5.74) is 7.13. The van der Waals surface area contributed by atoms with Gasteiger partial charge in [0.2, 0.25) is 5.96 Å². The molecule has 7 nitrogen and oxygen atoms in total. The van der Waals surface area contributed by atoms with Crippen LogP contribution in [0.2, 0.25) is 5.02 Å². The minimum absolute atomic E-state index is 0.501. The van der Waals surface area contributed by atoms with Crippen LogP contribution in [0.5, 0.6) is 0 Å². The zero-order valence-corrected chi connectivity index (χ0v) is 13.6. The molecule has 0 amide bonds. The van der Waals surface area contributed by atoms with Gasteiger partial charge in [-0.2, -0.15) is 0 Å². The molecular formula is C16H16ClN5O2. The van der Waals surface area contributed by atoms with Crippen molar-refractivity contribution in [3.63, 3.8) is 0 Å². The number of halogens is 1. The van der Waals surface area contributed by atoms with Crippen LogP contribution >= 0.6 is 11.6 Å². The monoisotopic (exact) mass is 345 g/mol. The van der Waals surface area contributed by atoms with Crippen LogP contribution < -0.4 is 5.73 Å². The summed E-state index contributed by atoms with van der Waals surface area (Å²) in [4.78, 5) is 15.5. The standard InChI is InChI=1S/C16H16ClN5O2/c1-12(23)24-22(16(18)19)20-10-2-4-14-5-3-11-21(14)15-8-6-13(17)7-9-15/h2-11H,1H3,(H3,18,19)/b4-2+,20-10+. The Morgan fingerprint density at radius 1 is 1.38 bits per heavy atom. The predicted octanol–water partition coefficient (Wildman–Crippen LogP) is 2.80. The van der Waals surface area contributed by atoms with E-state index in [1.807, 2.05) is 53.2 Å². The van der Waals surface area contributed by atoms with Crippen LogP contribution in [0.25, 0.3) is 11.8 Å². The molecule has 0 saturated carbocycles. The molecule has 3 N–H and O–H groups in total. The summed E-state index contributed by atoms with van der Waals surface area (Å²) in [6.45, 7) is 1.19. The lowest BCUT2D eigenvalue weighted by Crippen LogP contribution is -2.33. The van der Waals surface area contributed by atoms with Gasteiger partial charge in [-0.3, -0.25) is 5.41 Å². The number of carbonyl (C=O) groups is 1. The van der Waals surface area contributed by atoms with Crippen LogP contribution in [-0.2, 0) is 9.63 Å². The van der Waals surface area contributed by atoms with Crippen LogP contribution in [0.4, 0.5) is 0 Å². The molecule has 0 aliphatic rings. The highest BCUT2D eigenvalue weighted by molar-refractivity contribution is 6.30. The fourth-order valence-corrected chi connectivity index (χ4v) is 1.99. The zero-order valence-electron chi connectivity index (χ0n) is 12.9. The molecule has 0 spiro atoms. The fourth-order valence-electron chi connectivity index (χ4n) is 1.86. The number of nitrogens with zero attached hydrogens (tertiary/aromatic N) is 3. The van der Waals surface area contributed by atoms with Gasteiger partial charge >= 0.3 is 5.97 Å². The van der Waals surface area contributed by atoms with Gasteiger partial charge in [0, 0.05) is 29.5 Å². The number of guanidine groups is 1. The molecule has 24 heavy (non-hydrogen) atoms. The number of hydroxylamine groups is 1. The average molecular weight is 346 g/mol. The fraction of sp³-hybridized carbons (Fsp3) is 0.0625. The first-order valence-corrected chi connectivity index (χ1v) is 7.32. The molecule has 0 saturated heterocycles. The number of hydrazone groups is 1. The average Bonchev–Trinajstić information content (AvgIpc) is 2.99. The number of nitrogens with two attached hydrogens (primary N) is 1. The molecule has 0 unspecified atom stereocenters. The van der Waals surface area contributed by atoms with Crippen molar-refractivity contribution in [2.45, 2.75) is 6.92 Å². The Kier molecular flexibility index (Phi) is 5.75. The van der Waals surface area contributed by atoms with Crippen molar-refractivity contribution in [1.29, 1.82) is 5.41 Å². The van der Waals surface area contributed by atoms with Crippen molar-refractivity contribution in [3.8, 4) is 5.69 Å². The van der Waals surface area contributed by atoms with Gasteiger partial charge in [0.25, 0.3) is 0 Å². The Morgan fingerprint density at radius 3 is 2.71 bits per heavy atom. The summed E-state index contributed by atoms with van der Waals surface area (Å²) in [5, 5.41) is 12.3. The molecular weight excluding hydrogens is 330 g/mol. The molecule has 0 bridgehead atoms. The summed E-state index contributed by atoms with van der Waals surface area (Å²) < 4.78 is 1.97. The molecule has 124 valence electrons. The van der Waals surface area contributed by atoms with Crippen LogP contribution in [0, 0.1) is 5.41 Å². The molecule has 0 radical (unpaired) electrons. The molecule has 2 rings (SSSR count). The van der Waals surface area contributed by atoms with Gasteiger partial charge < -0.3 is 15.1 Å². The maximum absolute atomic E-state index is 10.9. The second-order valence-corrected chi connectivity index (χ2v) is 5.08. The van der Waals surface area contributed by atoms with Crippen molar-refractivity contribution in [2.24, 2.45) is 10.8 Å². The molecule has 8 heteroatoms. The van der Waals surface area contributed by atoms with Crippen LogP contribution in [-0.4, -0.2) is 27.9 Å². The van der Waals surface area contributed by atoms with Gasteiger partial charge in [-0.05, 0) is 48.6 Å². The van der Waals surface area contributed by atoms with E-state index in [0.717, 1.165) is 11.4 Å². The van der Waals surface area contributed by atoms with E-state index in [9.17, 15) is 4.79 Å². The summed E-state index contributed by atoms with van der Waals surface area (Å²) in [6, 6.07) is 11.3. The Hall–Kier alpha value is -3.06. The number of benzene rings is 1. The highest BCUT2D eigenvalue weighted by Crippen LogP contribution is 2.16. The number of rotatable bonds is 4. The minimum atomic E-state index is -0.622. The lowest BCUT2D eigenvalue weighted by atomic mass is 10.3. The Balaban J connectivity index is 2.11. The van der Waals surface area contributed by atoms with E-state index < -0.39 is 11.9 Å². The van der Waals surface area contributed by atoms with Gasteiger partial charge in [-0.15, -0.1) is 5.10 Å². The third-order valence-electron chi connectivity index (χ3n) is 2.83. The maximum Gasteiger partial charge on any atom is 0.332 e. The number of hydrogen-bond acceptors (Lipinski definition) is 4. The third kappa shape index (κ3) is 4.72. The zero-order chi connectivity index (χ0) is 17.5. The van der Waals surface area contributed by atoms with Gasteiger partial charge in [0.05, 0.1) is 6.21 Å². The highest BCUT2D eigenvalue weighted by Gasteiger charge is 2.07. The maximum atomic E-state index is 10.9. The lowest BCUT2D eigenvalue weighted by Gasteiger charge is -2.12. The van der Waals surface area contributed by atoms with Crippen molar-refractivity contribution in [1.82, 2.24) is 9.74 Å². The molecule has 1 heterocycles. The topological polar surface area (TPSA) is 96.7 Å². The number of allylic oxidation sites excluding steroid dienone is 1. The Morgan fingerprint density at radius 2 is 2.08 bits per heavy atom. The van der Waals surface area contributed by atoms with Gasteiger partial charge in [-0.25, -0.2) is 4.79 Å². The quantitative estimate of drug-likeness (QED) is 0.506. The Labute approximate surface area is 144 Å². The van der Waals surface area contributed by atoms with E-state index in [1.165, 1.54) is 13.1 Å². The molecule has 0 aliphatic heterocycles. The number of nitrogens with one attached hydrogen (secondary N) is 1. The number of hydrogen-bond donors (Lipinski definition) is 2. The number of aromatic nitrogens is 1. The summed E-state index contributed by atoms with van der Waals surface area (Å²) >= 11 is 5.90. The molecule has 0 fully saturated rings. The molecule has 1 aromatic carbocycles. The Bertz CT molecular complexity index is 780. The summed E-state index contributed by atoms with van der Waals surface area (Å²) in [5.74, 6) is -1.12. The molecule has 1 aromatic heterocycles. The van der Waals surface area contributed by atoms with E-state index in [4.69, 9.17) is 22.7 Å². The van der Waals surface area contributed by atoms with E-state index in [0.29, 0.717) is 10.2 Å². The van der Waals surface area contributed by atoms with E-state index >= 15 is 0 Å². The first kappa shape index (κ1) is 17.3. The van der Waals surface area contributed by atoms with Crippen molar-refractivity contribution in [2.75, 3.05) is 0 Å². The van der Waals surface area contributed by atoms with Crippen molar-refractivity contribution >= 4 is 35.8 Å². The van der Waals surface area contributed by atoms with Gasteiger partial charge in [-0.1, -0.05) is 16.8 Å². The predicted molar refractivity (Wildman–Crippen MR) is 93.8 cm³/mol. The van der Waals surface area contributed by atoms with E-state index in [1.54, 1.807) is 6.08 Å². The highest BCUT2D eigenvalue weighted by atomic mass is 35.5. The first-order valence-electron chi connectivity index (χ1n) is 6.94. The molecule has 0 atom stereocenters. The first-order chi connectivity index (χ1) is 11.5. The van der Waals surface area contributed by atoms with Gasteiger partial charge in [0.15, 0.2) is 0 Å².